The van der Waals surface area contributed by atoms with Crippen molar-refractivity contribution in [1.82, 2.24) is 5.43 Å². The predicted octanol–water partition coefficient (Wildman–Crippen LogP) is 0.787. The van der Waals surface area contributed by atoms with Crippen molar-refractivity contribution in [2.75, 3.05) is 6.61 Å². The molecule has 0 atom stereocenters. The molecular formula is C11H13FN2O3. The van der Waals surface area contributed by atoms with Gasteiger partial charge in [-0.15, -0.1) is 0 Å². The highest BCUT2D eigenvalue weighted by Crippen LogP contribution is 2.17. The number of amides is 1. The molecule has 1 rings (SSSR count). The molecule has 6 heteroatoms. The van der Waals surface area contributed by atoms with E-state index < -0.39 is 5.82 Å². The fourth-order valence-corrected chi connectivity index (χ4v) is 1.20. The molecule has 0 spiro atoms. The zero-order valence-corrected chi connectivity index (χ0v) is 9.33. The normalized spacial score (nSPS) is 9.82. The van der Waals surface area contributed by atoms with E-state index in [9.17, 15) is 14.0 Å². The second kappa shape index (κ2) is 5.95. The summed E-state index contributed by atoms with van der Waals surface area (Å²) in [6.45, 7) is 1.37. The third kappa shape index (κ3) is 3.84. The molecule has 17 heavy (non-hydrogen) atoms. The zero-order chi connectivity index (χ0) is 12.8. The summed E-state index contributed by atoms with van der Waals surface area (Å²) < 4.78 is 18.5. The lowest BCUT2D eigenvalue weighted by atomic mass is 10.1. The number of hydrogen-bond acceptors (Lipinski definition) is 4. The largest absolute Gasteiger partial charge is 0.493 e. The number of carbonyl (C=O) groups is 2. The zero-order valence-electron chi connectivity index (χ0n) is 9.33. The predicted molar refractivity (Wildman–Crippen MR) is 58.8 cm³/mol. The first-order valence-corrected chi connectivity index (χ1v) is 4.97. The molecule has 0 aliphatic rings. The van der Waals surface area contributed by atoms with Gasteiger partial charge in [-0.05, 0) is 19.1 Å². The monoisotopic (exact) mass is 240 g/mol. The number of halogens is 1. The van der Waals surface area contributed by atoms with E-state index in [1.165, 1.54) is 19.1 Å². The molecule has 0 aromatic heterocycles. The van der Waals surface area contributed by atoms with Crippen molar-refractivity contribution in [2.24, 2.45) is 5.84 Å². The number of rotatable bonds is 5. The first-order chi connectivity index (χ1) is 8.04. The first kappa shape index (κ1) is 13.1. The molecule has 0 saturated carbocycles. The number of nitrogens with one attached hydrogen (secondary N) is 1. The average Bonchev–Trinajstić information content (AvgIpc) is 2.28. The smallest absolute Gasteiger partial charge is 0.237 e. The van der Waals surface area contributed by atoms with Gasteiger partial charge in [-0.2, -0.15) is 0 Å². The summed E-state index contributed by atoms with van der Waals surface area (Å²) in [7, 11) is 0. The quantitative estimate of drug-likeness (QED) is 0.345. The Kier molecular flexibility index (Phi) is 4.59. The lowest BCUT2D eigenvalue weighted by Gasteiger charge is -2.06. The van der Waals surface area contributed by atoms with E-state index in [0.717, 1.165) is 6.07 Å². The molecule has 1 aromatic rings. The number of ether oxygens (including phenoxy) is 1. The molecule has 0 heterocycles. The Morgan fingerprint density at radius 1 is 1.47 bits per heavy atom. The van der Waals surface area contributed by atoms with Crippen LogP contribution in [0, 0.1) is 5.82 Å². The minimum Gasteiger partial charge on any atom is -0.493 e. The molecule has 0 bridgehead atoms. The number of hydrogen-bond donors (Lipinski definition) is 2. The minimum atomic E-state index is -0.640. The van der Waals surface area contributed by atoms with Gasteiger partial charge in [0.05, 0.1) is 18.6 Å². The molecule has 0 fully saturated rings. The summed E-state index contributed by atoms with van der Waals surface area (Å²) in [6, 6.07) is 3.92. The minimum absolute atomic E-state index is 0.0112. The summed E-state index contributed by atoms with van der Waals surface area (Å²) in [6.07, 6.45) is 0.0760. The van der Waals surface area contributed by atoms with Gasteiger partial charge in [0.2, 0.25) is 5.91 Å². The van der Waals surface area contributed by atoms with Crippen LogP contribution in [-0.4, -0.2) is 18.3 Å². The number of carbonyl (C=O) groups excluding carboxylic acids is 2. The molecular weight excluding hydrogens is 227 g/mol. The Hall–Kier alpha value is -1.95. The van der Waals surface area contributed by atoms with Crippen LogP contribution in [0.25, 0.3) is 0 Å². The van der Waals surface area contributed by atoms with Crippen molar-refractivity contribution in [3.8, 4) is 5.75 Å². The van der Waals surface area contributed by atoms with Gasteiger partial charge in [0.1, 0.15) is 11.6 Å². The number of nitrogens with two attached hydrogens (primary N) is 1. The van der Waals surface area contributed by atoms with Crippen molar-refractivity contribution in [3.63, 3.8) is 0 Å². The van der Waals surface area contributed by atoms with Crippen LogP contribution < -0.4 is 16.0 Å². The standard InChI is InChI=1S/C11H13FN2O3/c1-7(15)9-3-2-8(6-10(9)12)17-5-4-11(16)14-13/h2-3,6H,4-5,13H2,1H3,(H,14,16). The summed E-state index contributed by atoms with van der Waals surface area (Å²) in [5.74, 6) is 3.78. The second-order valence-electron chi connectivity index (χ2n) is 3.36. The maximum atomic E-state index is 13.4. The topological polar surface area (TPSA) is 81.4 Å². The molecule has 1 aromatic carbocycles. The molecule has 1 amide bonds. The van der Waals surface area contributed by atoms with E-state index in [-0.39, 0.29) is 36.0 Å². The van der Waals surface area contributed by atoms with Gasteiger partial charge >= 0.3 is 0 Å². The highest BCUT2D eigenvalue weighted by molar-refractivity contribution is 5.94. The van der Waals surface area contributed by atoms with E-state index in [0.29, 0.717) is 0 Å². The maximum absolute atomic E-state index is 13.4. The van der Waals surface area contributed by atoms with Gasteiger partial charge in [0.25, 0.3) is 0 Å². The van der Waals surface area contributed by atoms with Crippen molar-refractivity contribution >= 4 is 11.7 Å². The van der Waals surface area contributed by atoms with Gasteiger partial charge in [0, 0.05) is 6.07 Å². The van der Waals surface area contributed by atoms with E-state index in [1.54, 1.807) is 0 Å². The van der Waals surface area contributed by atoms with Crippen LogP contribution in [0.5, 0.6) is 5.75 Å². The molecule has 0 unspecified atom stereocenters. The van der Waals surface area contributed by atoms with Gasteiger partial charge in [0.15, 0.2) is 5.78 Å². The Labute approximate surface area is 97.7 Å². The summed E-state index contributed by atoms with van der Waals surface area (Å²) >= 11 is 0. The van der Waals surface area contributed by atoms with Gasteiger partial charge in [-0.3, -0.25) is 15.0 Å². The lowest BCUT2D eigenvalue weighted by Crippen LogP contribution is -2.31. The van der Waals surface area contributed by atoms with Crippen molar-refractivity contribution in [2.45, 2.75) is 13.3 Å². The first-order valence-electron chi connectivity index (χ1n) is 4.97. The Bertz CT molecular complexity index is 435. The number of Topliss-reactive ketones (excluding diaryl/α,β-unsaturated/α-hetero) is 1. The van der Waals surface area contributed by atoms with E-state index in [2.05, 4.69) is 0 Å². The van der Waals surface area contributed by atoms with Crippen LogP contribution in [0.3, 0.4) is 0 Å². The molecule has 0 saturated heterocycles. The third-order valence-corrected chi connectivity index (χ3v) is 2.08. The Morgan fingerprint density at radius 2 is 2.18 bits per heavy atom. The Balaban J connectivity index is 2.59. The van der Waals surface area contributed by atoms with E-state index in [1.807, 2.05) is 5.43 Å². The molecule has 5 nitrogen and oxygen atoms in total. The van der Waals surface area contributed by atoms with Crippen LogP contribution in [0.1, 0.15) is 23.7 Å². The van der Waals surface area contributed by atoms with Gasteiger partial charge in [-0.1, -0.05) is 0 Å². The van der Waals surface area contributed by atoms with E-state index >= 15 is 0 Å². The maximum Gasteiger partial charge on any atom is 0.237 e. The number of hydrazine groups is 1. The fourth-order valence-electron chi connectivity index (χ4n) is 1.20. The molecule has 0 radical (unpaired) electrons. The summed E-state index contributed by atoms with van der Waals surface area (Å²) in [5.41, 5.74) is 1.96. The number of benzene rings is 1. The Morgan fingerprint density at radius 3 is 2.71 bits per heavy atom. The summed E-state index contributed by atoms with van der Waals surface area (Å²) in [5, 5.41) is 0. The molecule has 0 aliphatic carbocycles. The SMILES string of the molecule is CC(=O)c1ccc(OCCC(=O)NN)cc1F. The van der Waals surface area contributed by atoms with Gasteiger partial charge in [-0.25, -0.2) is 10.2 Å². The highest BCUT2D eigenvalue weighted by atomic mass is 19.1. The lowest BCUT2D eigenvalue weighted by molar-refractivity contribution is -0.121. The molecule has 3 N–H and O–H groups in total. The van der Waals surface area contributed by atoms with Crippen LogP contribution in [0.2, 0.25) is 0 Å². The van der Waals surface area contributed by atoms with Crippen molar-refractivity contribution < 1.29 is 18.7 Å². The molecule has 92 valence electrons. The van der Waals surface area contributed by atoms with E-state index in [4.69, 9.17) is 10.6 Å². The number of ketones is 1. The van der Waals surface area contributed by atoms with Crippen LogP contribution >= 0.6 is 0 Å². The van der Waals surface area contributed by atoms with Gasteiger partial charge < -0.3 is 4.74 Å². The third-order valence-electron chi connectivity index (χ3n) is 2.08. The summed E-state index contributed by atoms with van der Waals surface area (Å²) in [4.78, 5) is 21.7. The fraction of sp³-hybridized carbons (Fsp3) is 0.273. The molecule has 0 aliphatic heterocycles. The van der Waals surface area contributed by atoms with Crippen molar-refractivity contribution in [1.29, 1.82) is 0 Å². The van der Waals surface area contributed by atoms with Crippen molar-refractivity contribution in [3.05, 3.63) is 29.6 Å². The highest BCUT2D eigenvalue weighted by Gasteiger charge is 2.08. The van der Waals surface area contributed by atoms with Crippen LogP contribution in [0.15, 0.2) is 18.2 Å². The van der Waals surface area contributed by atoms with Crippen LogP contribution in [0.4, 0.5) is 4.39 Å². The van der Waals surface area contributed by atoms with Crippen LogP contribution in [-0.2, 0) is 4.79 Å². The second-order valence-corrected chi connectivity index (χ2v) is 3.36. The average molecular weight is 240 g/mol.